The molecule has 0 bridgehead atoms. The van der Waals surface area contributed by atoms with Crippen molar-refractivity contribution >= 4 is 5.91 Å². The van der Waals surface area contributed by atoms with Gasteiger partial charge < -0.3 is 5.32 Å². The van der Waals surface area contributed by atoms with E-state index in [0.29, 0.717) is 13.0 Å². The molecule has 0 saturated heterocycles. The number of hydrogen-bond donors (Lipinski definition) is 1. The minimum Gasteiger partial charge on any atom is -0.356 e. The van der Waals surface area contributed by atoms with Crippen molar-refractivity contribution < 1.29 is 4.79 Å². The van der Waals surface area contributed by atoms with E-state index in [0.717, 1.165) is 6.42 Å². The molecule has 1 radical (unpaired) electrons. The fourth-order valence-electron chi connectivity index (χ4n) is 0.353. The Balaban J connectivity index is 2.99. The molecule has 8 heavy (non-hydrogen) atoms. The van der Waals surface area contributed by atoms with Crippen molar-refractivity contribution in [2.75, 3.05) is 6.54 Å². The van der Waals surface area contributed by atoms with E-state index in [2.05, 4.69) is 12.2 Å². The molecule has 1 N–H and O–H groups in total. The van der Waals surface area contributed by atoms with Crippen molar-refractivity contribution in [3.63, 3.8) is 0 Å². The summed E-state index contributed by atoms with van der Waals surface area (Å²) in [6, 6.07) is 0. The molecule has 0 saturated carbocycles. The Morgan fingerprint density at radius 2 is 2.38 bits per heavy atom. The minimum atomic E-state index is 0.105. The Kier molecular flexibility index (Phi) is 4.32. The van der Waals surface area contributed by atoms with E-state index in [1.165, 1.54) is 0 Å². The fraction of sp³-hybridized carbons (Fsp3) is 0.667. The minimum absolute atomic E-state index is 0.105. The molecule has 0 spiro atoms. The van der Waals surface area contributed by atoms with Gasteiger partial charge in [0.2, 0.25) is 5.91 Å². The summed E-state index contributed by atoms with van der Waals surface area (Å²) in [7, 11) is 0. The van der Waals surface area contributed by atoms with Gasteiger partial charge in [0.1, 0.15) is 0 Å². The van der Waals surface area contributed by atoms with Gasteiger partial charge in [0.25, 0.3) is 0 Å². The van der Waals surface area contributed by atoms with Crippen molar-refractivity contribution in [1.29, 1.82) is 0 Å². The first kappa shape index (κ1) is 7.47. The van der Waals surface area contributed by atoms with Crippen molar-refractivity contribution in [3.05, 3.63) is 6.92 Å². The average molecular weight is 114 g/mol. The molecule has 0 rings (SSSR count). The summed E-state index contributed by atoms with van der Waals surface area (Å²) < 4.78 is 0. The number of carbonyl (C=O) groups excluding carboxylic acids is 1. The van der Waals surface area contributed by atoms with Crippen LogP contribution in [0.4, 0.5) is 0 Å². The summed E-state index contributed by atoms with van der Waals surface area (Å²) in [6.45, 7) is 6.11. The number of rotatable bonds is 3. The highest BCUT2D eigenvalue weighted by molar-refractivity contribution is 5.75. The molecule has 47 valence electrons. The summed E-state index contributed by atoms with van der Waals surface area (Å²) in [4.78, 5) is 10.4. The van der Waals surface area contributed by atoms with Gasteiger partial charge in [0.05, 0.1) is 0 Å². The molecule has 0 aromatic heterocycles. The van der Waals surface area contributed by atoms with Crippen molar-refractivity contribution in [2.45, 2.75) is 19.8 Å². The molecule has 0 aliphatic carbocycles. The highest BCUT2D eigenvalue weighted by Gasteiger charge is 1.90. The third-order valence-corrected chi connectivity index (χ3v) is 0.820. The molecule has 0 aromatic rings. The van der Waals surface area contributed by atoms with E-state index in [1.54, 1.807) is 0 Å². The number of amides is 1. The Bertz CT molecular complexity index is 70.9. The lowest BCUT2D eigenvalue weighted by Crippen LogP contribution is -2.22. The van der Waals surface area contributed by atoms with Gasteiger partial charge in [-0.25, -0.2) is 0 Å². The normalized spacial score (nSPS) is 8.75. The summed E-state index contributed by atoms with van der Waals surface area (Å²) in [5.41, 5.74) is 0. The van der Waals surface area contributed by atoms with Crippen LogP contribution >= 0.6 is 0 Å². The summed E-state index contributed by atoms with van der Waals surface area (Å²) in [6.07, 6.45) is 1.34. The molecule has 0 heterocycles. The second-order valence-corrected chi connectivity index (χ2v) is 1.56. The van der Waals surface area contributed by atoms with Gasteiger partial charge >= 0.3 is 0 Å². The van der Waals surface area contributed by atoms with Crippen molar-refractivity contribution in [3.8, 4) is 0 Å². The van der Waals surface area contributed by atoms with Crippen LogP contribution in [-0.4, -0.2) is 12.5 Å². The third kappa shape index (κ3) is 3.65. The van der Waals surface area contributed by atoms with Gasteiger partial charge in [0.15, 0.2) is 0 Å². The Morgan fingerprint density at radius 1 is 1.75 bits per heavy atom. The zero-order valence-corrected chi connectivity index (χ0v) is 5.24. The predicted molar refractivity (Wildman–Crippen MR) is 33.3 cm³/mol. The Morgan fingerprint density at radius 3 is 2.75 bits per heavy atom. The van der Waals surface area contributed by atoms with Gasteiger partial charge in [-0.05, 0) is 6.42 Å². The summed E-state index contributed by atoms with van der Waals surface area (Å²) in [5, 5.41) is 2.68. The molecule has 2 heteroatoms. The quantitative estimate of drug-likeness (QED) is 0.576. The molecule has 2 nitrogen and oxygen atoms in total. The lowest BCUT2D eigenvalue weighted by atomic mass is 10.4. The van der Waals surface area contributed by atoms with Gasteiger partial charge in [-0.3, -0.25) is 4.79 Å². The average Bonchev–Trinajstić information content (AvgIpc) is 1.83. The van der Waals surface area contributed by atoms with Crippen LogP contribution in [0.15, 0.2) is 0 Å². The van der Waals surface area contributed by atoms with Crippen LogP contribution in [0.5, 0.6) is 0 Å². The standard InChI is InChI=1S/C6H12NO/c1-3-5-7-6(8)4-2/h1,3-5H2,2H3,(H,7,8). The smallest absolute Gasteiger partial charge is 0.219 e. The molecular formula is C6H12NO. The number of nitrogens with one attached hydrogen (secondary N) is 1. The maximum absolute atomic E-state index is 10.4. The van der Waals surface area contributed by atoms with Crippen LogP contribution in [0.25, 0.3) is 0 Å². The van der Waals surface area contributed by atoms with Crippen LogP contribution in [-0.2, 0) is 4.79 Å². The van der Waals surface area contributed by atoms with Gasteiger partial charge in [-0.15, -0.1) is 0 Å². The summed E-state index contributed by atoms with van der Waals surface area (Å²) >= 11 is 0. The van der Waals surface area contributed by atoms with Crippen LogP contribution < -0.4 is 5.32 Å². The molecular weight excluding hydrogens is 102 g/mol. The molecule has 0 aliphatic rings. The van der Waals surface area contributed by atoms with Gasteiger partial charge in [0, 0.05) is 13.0 Å². The Labute approximate surface area is 50.3 Å². The molecule has 0 fully saturated rings. The fourth-order valence-corrected chi connectivity index (χ4v) is 0.353. The Hall–Kier alpha value is -0.530. The van der Waals surface area contributed by atoms with Crippen LogP contribution in [0.2, 0.25) is 0 Å². The summed E-state index contributed by atoms with van der Waals surface area (Å²) in [5.74, 6) is 0.105. The SMILES string of the molecule is [CH2]CCNC(=O)CC. The zero-order chi connectivity index (χ0) is 6.41. The van der Waals surface area contributed by atoms with Crippen LogP contribution in [0.1, 0.15) is 19.8 Å². The van der Waals surface area contributed by atoms with Gasteiger partial charge in [-0.1, -0.05) is 13.8 Å². The predicted octanol–water partition coefficient (Wildman–Crippen LogP) is 0.737. The lowest BCUT2D eigenvalue weighted by molar-refractivity contribution is -0.120. The molecule has 0 aromatic carbocycles. The van der Waals surface area contributed by atoms with E-state index in [4.69, 9.17) is 0 Å². The van der Waals surface area contributed by atoms with E-state index >= 15 is 0 Å². The monoisotopic (exact) mass is 114 g/mol. The second-order valence-electron chi connectivity index (χ2n) is 1.56. The maximum atomic E-state index is 10.4. The molecule has 1 amide bonds. The first-order chi connectivity index (χ1) is 3.81. The topological polar surface area (TPSA) is 29.1 Å². The first-order valence-electron chi connectivity index (χ1n) is 2.87. The lowest BCUT2D eigenvalue weighted by Gasteiger charge is -1.97. The van der Waals surface area contributed by atoms with E-state index in [1.807, 2.05) is 6.92 Å². The number of hydrogen-bond acceptors (Lipinski definition) is 1. The van der Waals surface area contributed by atoms with E-state index in [-0.39, 0.29) is 5.91 Å². The van der Waals surface area contributed by atoms with Crippen molar-refractivity contribution in [1.82, 2.24) is 5.32 Å². The van der Waals surface area contributed by atoms with E-state index in [9.17, 15) is 4.79 Å². The molecule has 0 unspecified atom stereocenters. The molecule has 0 aliphatic heterocycles. The third-order valence-electron chi connectivity index (χ3n) is 0.820. The highest BCUT2D eigenvalue weighted by Crippen LogP contribution is 1.74. The highest BCUT2D eigenvalue weighted by atomic mass is 16.1. The van der Waals surface area contributed by atoms with Crippen LogP contribution in [0, 0.1) is 6.92 Å². The van der Waals surface area contributed by atoms with Gasteiger partial charge in [-0.2, -0.15) is 0 Å². The zero-order valence-electron chi connectivity index (χ0n) is 5.24. The maximum Gasteiger partial charge on any atom is 0.219 e. The van der Waals surface area contributed by atoms with Crippen molar-refractivity contribution in [2.24, 2.45) is 0 Å². The van der Waals surface area contributed by atoms with Crippen LogP contribution in [0.3, 0.4) is 0 Å². The largest absolute Gasteiger partial charge is 0.356 e. The first-order valence-corrected chi connectivity index (χ1v) is 2.87. The van der Waals surface area contributed by atoms with E-state index < -0.39 is 0 Å². The molecule has 0 atom stereocenters. The number of carbonyl (C=O) groups is 1. The second kappa shape index (κ2) is 4.62.